The summed E-state index contributed by atoms with van der Waals surface area (Å²) >= 11 is 3.25. The highest BCUT2D eigenvalue weighted by Crippen LogP contribution is 2.19. The largest absolute Gasteiger partial charge is 0.452 e. The Hall–Kier alpha value is -1.56. The van der Waals surface area contributed by atoms with Gasteiger partial charge in [0, 0.05) is 16.2 Å². The van der Waals surface area contributed by atoms with Gasteiger partial charge < -0.3 is 15.8 Å². The van der Waals surface area contributed by atoms with Crippen molar-refractivity contribution in [3.8, 4) is 0 Å². The molecule has 0 heterocycles. The van der Waals surface area contributed by atoms with E-state index in [1.807, 2.05) is 13.8 Å². The van der Waals surface area contributed by atoms with Gasteiger partial charge in [0.05, 0.1) is 5.56 Å². The maximum atomic E-state index is 11.8. The summed E-state index contributed by atoms with van der Waals surface area (Å²) in [5.41, 5.74) is 6.26. The average Bonchev–Trinajstić information content (AvgIpc) is 2.39. The first kappa shape index (κ1) is 16.5. The average molecular weight is 343 g/mol. The topological polar surface area (TPSA) is 81.4 Å². The van der Waals surface area contributed by atoms with E-state index in [4.69, 9.17) is 10.5 Å². The van der Waals surface area contributed by atoms with Crippen molar-refractivity contribution in [1.82, 2.24) is 5.32 Å². The smallest absolute Gasteiger partial charge is 0.340 e. The van der Waals surface area contributed by atoms with Gasteiger partial charge in [-0.15, -0.1) is 0 Å². The van der Waals surface area contributed by atoms with Gasteiger partial charge in [-0.05, 0) is 31.5 Å². The minimum atomic E-state index is -0.609. The summed E-state index contributed by atoms with van der Waals surface area (Å²) in [4.78, 5) is 23.4. The van der Waals surface area contributed by atoms with E-state index in [0.717, 1.165) is 17.3 Å². The normalized spacial score (nSPS) is 11.8. The van der Waals surface area contributed by atoms with Crippen LogP contribution in [0.1, 0.15) is 37.0 Å². The molecule has 3 N–H and O–H groups in total. The molecule has 0 aliphatic heterocycles. The van der Waals surface area contributed by atoms with Crippen LogP contribution in [-0.2, 0) is 9.53 Å². The number of amides is 1. The minimum Gasteiger partial charge on any atom is -0.452 e. The van der Waals surface area contributed by atoms with Gasteiger partial charge in [0.15, 0.2) is 6.61 Å². The number of ether oxygens (including phenoxy) is 1. The number of hydrogen-bond acceptors (Lipinski definition) is 4. The van der Waals surface area contributed by atoms with Crippen molar-refractivity contribution in [2.24, 2.45) is 0 Å². The summed E-state index contributed by atoms with van der Waals surface area (Å²) in [6, 6.07) is 4.96. The molecule has 6 heteroatoms. The van der Waals surface area contributed by atoms with Crippen LogP contribution < -0.4 is 11.1 Å². The predicted molar refractivity (Wildman–Crippen MR) is 81.3 cm³/mol. The number of benzene rings is 1. The van der Waals surface area contributed by atoms with Gasteiger partial charge in [0.2, 0.25) is 0 Å². The van der Waals surface area contributed by atoms with Gasteiger partial charge >= 0.3 is 5.97 Å². The zero-order valence-electron chi connectivity index (χ0n) is 11.6. The van der Waals surface area contributed by atoms with E-state index < -0.39 is 5.97 Å². The van der Waals surface area contributed by atoms with E-state index in [-0.39, 0.29) is 24.1 Å². The molecule has 1 aromatic rings. The number of carbonyl (C=O) groups is 2. The molecular weight excluding hydrogens is 324 g/mol. The molecule has 1 atom stereocenters. The Morgan fingerprint density at radius 2 is 2.15 bits per heavy atom. The summed E-state index contributed by atoms with van der Waals surface area (Å²) in [5.74, 6) is -0.921. The van der Waals surface area contributed by atoms with Gasteiger partial charge in [-0.1, -0.05) is 29.3 Å². The monoisotopic (exact) mass is 342 g/mol. The molecule has 1 aromatic carbocycles. The lowest BCUT2D eigenvalue weighted by Gasteiger charge is -2.13. The van der Waals surface area contributed by atoms with Crippen LogP contribution in [-0.4, -0.2) is 24.5 Å². The fourth-order valence-electron chi connectivity index (χ4n) is 1.74. The van der Waals surface area contributed by atoms with Gasteiger partial charge in [-0.3, -0.25) is 4.79 Å². The molecule has 0 unspecified atom stereocenters. The SMILES string of the molecule is CCC[C@@H](C)NC(=O)COC(=O)c1cc(Br)ccc1N. The van der Waals surface area contributed by atoms with E-state index in [0.29, 0.717) is 5.69 Å². The highest BCUT2D eigenvalue weighted by molar-refractivity contribution is 9.10. The van der Waals surface area contributed by atoms with Gasteiger partial charge in [0.25, 0.3) is 5.91 Å². The molecule has 1 amide bonds. The van der Waals surface area contributed by atoms with Crippen molar-refractivity contribution in [1.29, 1.82) is 0 Å². The second kappa shape index (κ2) is 7.89. The maximum Gasteiger partial charge on any atom is 0.340 e. The Morgan fingerprint density at radius 1 is 1.45 bits per heavy atom. The lowest BCUT2D eigenvalue weighted by Crippen LogP contribution is -2.35. The Labute approximate surface area is 127 Å². The number of nitrogens with one attached hydrogen (secondary N) is 1. The van der Waals surface area contributed by atoms with E-state index in [9.17, 15) is 9.59 Å². The number of nitrogens with two attached hydrogens (primary N) is 1. The molecule has 110 valence electrons. The molecule has 0 saturated heterocycles. The van der Waals surface area contributed by atoms with E-state index in [1.54, 1.807) is 18.2 Å². The molecule has 1 rings (SSSR count). The zero-order chi connectivity index (χ0) is 15.1. The first-order valence-electron chi connectivity index (χ1n) is 6.45. The number of nitrogen functional groups attached to an aromatic ring is 1. The number of rotatable bonds is 6. The highest BCUT2D eigenvalue weighted by Gasteiger charge is 2.14. The summed E-state index contributed by atoms with van der Waals surface area (Å²) in [6.45, 7) is 3.65. The number of esters is 1. The lowest BCUT2D eigenvalue weighted by molar-refractivity contribution is -0.124. The first-order chi connectivity index (χ1) is 9.43. The highest BCUT2D eigenvalue weighted by atomic mass is 79.9. The molecule has 0 aliphatic carbocycles. The number of halogens is 1. The van der Waals surface area contributed by atoms with Crippen LogP contribution in [0, 0.1) is 0 Å². The molecule has 5 nitrogen and oxygen atoms in total. The molecule has 0 spiro atoms. The standard InChI is InChI=1S/C14H19BrN2O3/c1-3-4-9(2)17-13(18)8-20-14(19)11-7-10(15)5-6-12(11)16/h5-7,9H,3-4,8,16H2,1-2H3,(H,17,18)/t9-/m1/s1. The van der Waals surface area contributed by atoms with Crippen molar-refractivity contribution in [3.63, 3.8) is 0 Å². The molecular formula is C14H19BrN2O3. The molecule has 0 aliphatic rings. The molecule has 0 fully saturated rings. The quantitative estimate of drug-likeness (QED) is 0.614. The van der Waals surface area contributed by atoms with Crippen LogP contribution in [0.2, 0.25) is 0 Å². The van der Waals surface area contributed by atoms with Crippen LogP contribution in [0.3, 0.4) is 0 Å². The second-order valence-corrected chi connectivity index (χ2v) is 5.48. The van der Waals surface area contributed by atoms with Gasteiger partial charge in [-0.2, -0.15) is 0 Å². The Bertz CT molecular complexity index is 491. The van der Waals surface area contributed by atoms with E-state index in [2.05, 4.69) is 21.2 Å². The fraction of sp³-hybridized carbons (Fsp3) is 0.429. The summed E-state index contributed by atoms with van der Waals surface area (Å²) in [7, 11) is 0. The van der Waals surface area contributed by atoms with Crippen molar-refractivity contribution in [2.45, 2.75) is 32.7 Å². The minimum absolute atomic E-state index is 0.0714. The molecule has 20 heavy (non-hydrogen) atoms. The van der Waals surface area contributed by atoms with Crippen LogP contribution in [0.15, 0.2) is 22.7 Å². The lowest BCUT2D eigenvalue weighted by atomic mass is 10.2. The molecule has 0 aromatic heterocycles. The molecule has 0 saturated carbocycles. The van der Waals surface area contributed by atoms with Crippen molar-refractivity contribution >= 4 is 33.5 Å². The third-order valence-electron chi connectivity index (χ3n) is 2.70. The second-order valence-electron chi connectivity index (χ2n) is 4.56. The predicted octanol–water partition coefficient (Wildman–Crippen LogP) is 2.49. The molecule has 0 bridgehead atoms. The van der Waals surface area contributed by atoms with E-state index >= 15 is 0 Å². The Balaban J connectivity index is 2.51. The summed E-state index contributed by atoms with van der Waals surface area (Å²) in [6.07, 6.45) is 1.87. The zero-order valence-corrected chi connectivity index (χ0v) is 13.2. The van der Waals surface area contributed by atoms with Gasteiger partial charge in [-0.25, -0.2) is 4.79 Å². The Kier molecular flexibility index (Phi) is 6.51. The van der Waals surface area contributed by atoms with Crippen LogP contribution in [0.25, 0.3) is 0 Å². The van der Waals surface area contributed by atoms with E-state index in [1.165, 1.54) is 0 Å². The maximum absolute atomic E-state index is 11.8. The summed E-state index contributed by atoms with van der Waals surface area (Å²) < 4.78 is 5.67. The Morgan fingerprint density at radius 3 is 2.80 bits per heavy atom. The fourth-order valence-corrected chi connectivity index (χ4v) is 2.10. The third-order valence-corrected chi connectivity index (χ3v) is 3.19. The van der Waals surface area contributed by atoms with Crippen molar-refractivity contribution in [2.75, 3.05) is 12.3 Å². The van der Waals surface area contributed by atoms with Crippen LogP contribution >= 0.6 is 15.9 Å². The number of carbonyl (C=O) groups excluding carboxylic acids is 2. The number of anilines is 1. The number of hydrogen-bond donors (Lipinski definition) is 2. The summed E-state index contributed by atoms with van der Waals surface area (Å²) in [5, 5.41) is 2.76. The molecule has 0 radical (unpaired) electrons. The third kappa shape index (κ3) is 5.21. The van der Waals surface area contributed by atoms with Crippen LogP contribution in [0.5, 0.6) is 0 Å². The van der Waals surface area contributed by atoms with Gasteiger partial charge in [0.1, 0.15) is 0 Å². The first-order valence-corrected chi connectivity index (χ1v) is 7.24. The van der Waals surface area contributed by atoms with Crippen molar-refractivity contribution < 1.29 is 14.3 Å². The van der Waals surface area contributed by atoms with Crippen molar-refractivity contribution in [3.05, 3.63) is 28.2 Å². The van der Waals surface area contributed by atoms with Crippen LogP contribution in [0.4, 0.5) is 5.69 Å².